The zero-order valence-electron chi connectivity index (χ0n) is 12.8. The number of benzene rings is 1. The quantitative estimate of drug-likeness (QED) is 0.773. The second kappa shape index (κ2) is 5.83. The summed E-state index contributed by atoms with van der Waals surface area (Å²) < 4.78 is 10.6. The van der Waals surface area contributed by atoms with Gasteiger partial charge in [-0.3, -0.25) is 0 Å². The van der Waals surface area contributed by atoms with Gasteiger partial charge in [0.1, 0.15) is 0 Å². The Labute approximate surface area is 133 Å². The SMILES string of the molecule is Cc1nc(-c2ccc(CNc3nnc(C4CCC4)o3)cc2)no1. The molecule has 0 aliphatic heterocycles. The first-order valence-electron chi connectivity index (χ1n) is 7.75. The molecule has 2 aromatic heterocycles. The first-order chi connectivity index (χ1) is 11.3. The van der Waals surface area contributed by atoms with Crippen LogP contribution in [0.25, 0.3) is 11.4 Å². The summed E-state index contributed by atoms with van der Waals surface area (Å²) in [5.41, 5.74) is 2.04. The fraction of sp³-hybridized carbons (Fsp3) is 0.375. The monoisotopic (exact) mass is 311 g/mol. The van der Waals surface area contributed by atoms with Crippen LogP contribution < -0.4 is 5.32 Å². The van der Waals surface area contributed by atoms with E-state index in [4.69, 9.17) is 8.94 Å². The lowest BCUT2D eigenvalue weighted by atomic mass is 9.85. The van der Waals surface area contributed by atoms with E-state index < -0.39 is 0 Å². The molecule has 118 valence electrons. The molecule has 0 atom stereocenters. The number of hydrogen-bond acceptors (Lipinski definition) is 7. The van der Waals surface area contributed by atoms with Crippen molar-refractivity contribution in [1.82, 2.24) is 20.3 Å². The molecule has 0 spiro atoms. The Hall–Kier alpha value is -2.70. The molecule has 1 aliphatic carbocycles. The van der Waals surface area contributed by atoms with Gasteiger partial charge in [-0.15, -0.1) is 5.10 Å². The van der Waals surface area contributed by atoms with Crippen LogP contribution in [0.2, 0.25) is 0 Å². The minimum absolute atomic E-state index is 0.454. The third-order valence-corrected chi connectivity index (χ3v) is 4.08. The molecule has 1 aromatic carbocycles. The third-order valence-electron chi connectivity index (χ3n) is 4.08. The molecule has 23 heavy (non-hydrogen) atoms. The maximum Gasteiger partial charge on any atom is 0.315 e. The summed E-state index contributed by atoms with van der Waals surface area (Å²) in [5.74, 6) is 2.37. The minimum Gasteiger partial charge on any atom is -0.408 e. The molecule has 0 radical (unpaired) electrons. The van der Waals surface area contributed by atoms with Crippen LogP contribution in [0.1, 0.15) is 42.5 Å². The van der Waals surface area contributed by atoms with E-state index in [2.05, 4.69) is 25.7 Å². The highest BCUT2D eigenvalue weighted by Crippen LogP contribution is 2.35. The Morgan fingerprint density at radius 2 is 2.00 bits per heavy atom. The smallest absolute Gasteiger partial charge is 0.315 e. The number of aryl methyl sites for hydroxylation is 1. The topological polar surface area (TPSA) is 89.9 Å². The van der Waals surface area contributed by atoms with Gasteiger partial charge in [0.05, 0.1) is 0 Å². The molecule has 2 heterocycles. The van der Waals surface area contributed by atoms with Crippen LogP contribution in [0.4, 0.5) is 6.01 Å². The standard InChI is InChI=1S/C16H17N5O2/c1-10-18-14(21-23-10)12-7-5-11(6-8-12)9-17-16-20-19-15(22-16)13-3-2-4-13/h5-8,13H,2-4,9H2,1H3,(H,17,20). The van der Waals surface area contributed by atoms with E-state index in [1.165, 1.54) is 6.42 Å². The molecule has 4 rings (SSSR count). The summed E-state index contributed by atoms with van der Waals surface area (Å²) in [6, 6.07) is 8.43. The lowest BCUT2D eigenvalue weighted by molar-refractivity contribution is 0.338. The van der Waals surface area contributed by atoms with Gasteiger partial charge in [0, 0.05) is 24.9 Å². The Morgan fingerprint density at radius 3 is 2.65 bits per heavy atom. The van der Waals surface area contributed by atoms with E-state index in [0.717, 1.165) is 29.9 Å². The number of aromatic nitrogens is 4. The largest absolute Gasteiger partial charge is 0.408 e. The van der Waals surface area contributed by atoms with Crippen molar-refractivity contribution >= 4 is 6.01 Å². The molecule has 3 aromatic rings. The van der Waals surface area contributed by atoms with Gasteiger partial charge in [-0.05, 0) is 18.4 Å². The highest BCUT2D eigenvalue weighted by atomic mass is 16.5. The fourth-order valence-corrected chi connectivity index (χ4v) is 2.49. The normalized spacial score (nSPS) is 14.7. The lowest BCUT2D eigenvalue weighted by Gasteiger charge is -2.20. The van der Waals surface area contributed by atoms with Gasteiger partial charge >= 0.3 is 6.01 Å². The van der Waals surface area contributed by atoms with Crippen LogP contribution in [0.3, 0.4) is 0 Å². The van der Waals surface area contributed by atoms with Gasteiger partial charge in [-0.25, -0.2) is 0 Å². The summed E-state index contributed by atoms with van der Waals surface area (Å²) in [6.07, 6.45) is 3.55. The number of rotatable bonds is 5. The van der Waals surface area contributed by atoms with Crippen LogP contribution >= 0.6 is 0 Å². The maximum absolute atomic E-state index is 5.64. The second-order valence-corrected chi connectivity index (χ2v) is 5.76. The summed E-state index contributed by atoms with van der Waals surface area (Å²) in [4.78, 5) is 4.21. The van der Waals surface area contributed by atoms with Gasteiger partial charge in [0.2, 0.25) is 17.6 Å². The van der Waals surface area contributed by atoms with E-state index in [1.807, 2.05) is 24.3 Å². The van der Waals surface area contributed by atoms with Gasteiger partial charge in [-0.1, -0.05) is 40.9 Å². The second-order valence-electron chi connectivity index (χ2n) is 5.76. The molecule has 1 N–H and O–H groups in total. The Kier molecular flexibility index (Phi) is 3.53. The number of nitrogens with zero attached hydrogens (tertiary/aromatic N) is 4. The van der Waals surface area contributed by atoms with Crippen molar-refractivity contribution in [3.8, 4) is 11.4 Å². The molecule has 0 amide bonds. The molecule has 1 saturated carbocycles. The van der Waals surface area contributed by atoms with Crippen molar-refractivity contribution in [3.05, 3.63) is 41.6 Å². The van der Waals surface area contributed by atoms with E-state index in [1.54, 1.807) is 6.92 Å². The third kappa shape index (κ3) is 2.94. The van der Waals surface area contributed by atoms with Crippen LogP contribution in [0.5, 0.6) is 0 Å². The van der Waals surface area contributed by atoms with E-state index >= 15 is 0 Å². The highest BCUT2D eigenvalue weighted by Gasteiger charge is 2.25. The molecular weight excluding hydrogens is 294 g/mol. The zero-order chi connectivity index (χ0) is 15.6. The number of nitrogens with one attached hydrogen (secondary N) is 1. The average Bonchev–Trinajstić information content (AvgIpc) is 3.13. The summed E-state index contributed by atoms with van der Waals surface area (Å²) in [7, 11) is 0. The zero-order valence-corrected chi connectivity index (χ0v) is 12.8. The molecule has 7 nitrogen and oxygen atoms in total. The van der Waals surface area contributed by atoms with Gasteiger partial charge in [-0.2, -0.15) is 4.98 Å². The van der Waals surface area contributed by atoms with E-state index in [0.29, 0.717) is 30.2 Å². The minimum atomic E-state index is 0.454. The predicted molar refractivity (Wildman–Crippen MR) is 82.7 cm³/mol. The van der Waals surface area contributed by atoms with Gasteiger partial charge in [0.15, 0.2) is 0 Å². The number of anilines is 1. The summed E-state index contributed by atoms with van der Waals surface area (Å²) in [5, 5.41) is 15.2. The molecular formula is C16H17N5O2. The van der Waals surface area contributed by atoms with Crippen molar-refractivity contribution in [2.75, 3.05) is 5.32 Å². The van der Waals surface area contributed by atoms with Crippen LogP contribution in [0, 0.1) is 6.92 Å². The molecule has 7 heteroatoms. The fourth-order valence-electron chi connectivity index (χ4n) is 2.49. The molecule has 0 bridgehead atoms. The molecule has 0 saturated heterocycles. The van der Waals surface area contributed by atoms with E-state index in [-0.39, 0.29) is 0 Å². The van der Waals surface area contributed by atoms with Gasteiger partial charge < -0.3 is 14.3 Å². The molecule has 1 fully saturated rings. The first kappa shape index (κ1) is 13.9. The van der Waals surface area contributed by atoms with Crippen molar-refractivity contribution < 1.29 is 8.94 Å². The van der Waals surface area contributed by atoms with E-state index in [9.17, 15) is 0 Å². The van der Waals surface area contributed by atoms with Crippen molar-refractivity contribution in [3.63, 3.8) is 0 Å². The van der Waals surface area contributed by atoms with Crippen molar-refractivity contribution in [2.45, 2.75) is 38.6 Å². The maximum atomic E-state index is 5.64. The first-order valence-corrected chi connectivity index (χ1v) is 7.75. The Morgan fingerprint density at radius 1 is 1.17 bits per heavy atom. The lowest BCUT2D eigenvalue weighted by Crippen LogP contribution is -2.08. The van der Waals surface area contributed by atoms with Gasteiger partial charge in [0.25, 0.3) is 0 Å². The van der Waals surface area contributed by atoms with Crippen LogP contribution in [-0.4, -0.2) is 20.3 Å². The van der Waals surface area contributed by atoms with Crippen LogP contribution in [-0.2, 0) is 6.54 Å². The molecule has 1 aliphatic rings. The Bertz CT molecular complexity index is 789. The summed E-state index contributed by atoms with van der Waals surface area (Å²) >= 11 is 0. The summed E-state index contributed by atoms with van der Waals surface area (Å²) in [6.45, 7) is 2.40. The number of hydrogen-bond donors (Lipinski definition) is 1. The van der Waals surface area contributed by atoms with Crippen molar-refractivity contribution in [2.24, 2.45) is 0 Å². The average molecular weight is 311 g/mol. The molecule has 0 unspecified atom stereocenters. The predicted octanol–water partition coefficient (Wildman–Crippen LogP) is 3.31. The van der Waals surface area contributed by atoms with Crippen LogP contribution in [0.15, 0.2) is 33.2 Å². The van der Waals surface area contributed by atoms with Crippen molar-refractivity contribution in [1.29, 1.82) is 0 Å². The highest BCUT2D eigenvalue weighted by molar-refractivity contribution is 5.54. The Balaban J connectivity index is 1.38.